The third kappa shape index (κ3) is 3.88. The summed E-state index contributed by atoms with van der Waals surface area (Å²) in [5.41, 5.74) is 4.53. The van der Waals surface area contributed by atoms with Crippen LogP contribution in [0.4, 0.5) is 0 Å². The number of ether oxygens (including phenoxy) is 2. The number of halogens is 1. The van der Waals surface area contributed by atoms with Gasteiger partial charge >= 0.3 is 0 Å². The molecule has 0 bridgehead atoms. The van der Waals surface area contributed by atoms with Gasteiger partial charge in [0.15, 0.2) is 0 Å². The molecule has 1 fully saturated rings. The number of benzene rings is 1. The Balaban J connectivity index is 1.13. The van der Waals surface area contributed by atoms with Crippen LogP contribution >= 0.6 is 22.6 Å². The fraction of sp³-hybridized carbons (Fsp3) is 0.200. The van der Waals surface area contributed by atoms with E-state index in [0.29, 0.717) is 11.8 Å². The zero-order valence-corrected chi connectivity index (χ0v) is 20.0. The van der Waals surface area contributed by atoms with Gasteiger partial charge in [-0.15, -0.1) is 10.2 Å². The monoisotopic (exact) mass is 549 g/mol. The maximum atomic E-state index is 6.02. The number of rotatable bonds is 5. The molecule has 1 aromatic carbocycles. The Bertz CT molecular complexity index is 1440. The lowest BCUT2D eigenvalue weighted by atomic mass is 9.92. The molecule has 4 heterocycles. The number of aromatic nitrogens is 5. The molecule has 4 aromatic heterocycles. The zero-order chi connectivity index (χ0) is 22.4. The van der Waals surface area contributed by atoms with E-state index in [1.807, 2.05) is 42.9 Å². The largest absolute Gasteiger partial charge is 0.474 e. The molecule has 0 unspecified atom stereocenters. The van der Waals surface area contributed by atoms with Crippen LogP contribution in [0.1, 0.15) is 12.8 Å². The van der Waals surface area contributed by atoms with Gasteiger partial charge in [-0.05, 0) is 52.4 Å². The maximum Gasteiger partial charge on any atom is 0.233 e. The number of aryl methyl sites for hydroxylation is 1. The zero-order valence-electron chi connectivity index (χ0n) is 17.9. The second-order valence-electron chi connectivity index (χ2n) is 8.21. The fourth-order valence-electron chi connectivity index (χ4n) is 4.27. The molecule has 33 heavy (non-hydrogen) atoms. The van der Waals surface area contributed by atoms with Crippen LogP contribution in [-0.2, 0) is 7.05 Å². The highest BCUT2D eigenvalue weighted by Gasteiger charge is 2.33. The van der Waals surface area contributed by atoms with Crippen LogP contribution in [0.5, 0.6) is 11.8 Å². The lowest BCUT2D eigenvalue weighted by Crippen LogP contribution is -2.41. The average molecular weight is 549 g/mol. The Kier molecular flexibility index (Phi) is 5.09. The van der Waals surface area contributed by atoms with Crippen molar-refractivity contribution in [1.29, 1.82) is 0 Å². The van der Waals surface area contributed by atoms with Gasteiger partial charge in [-0.1, -0.05) is 12.1 Å². The van der Waals surface area contributed by atoms with Crippen molar-refractivity contribution in [1.82, 2.24) is 24.7 Å². The summed E-state index contributed by atoms with van der Waals surface area (Å²) in [6.07, 6.45) is 7.45. The van der Waals surface area contributed by atoms with Gasteiger partial charge in [0, 0.05) is 72.5 Å². The van der Waals surface area contributed by atoms with E-state index in [9.17, 15) is 0 Å². The van der Waals surface area contributed by atoms with Gasteiger partial charge in [0.05, 0.1) is 5.52 Å². The van der Waals surface area contributed by atoms with Crippen molar-refractivity contribution in [2.45, 2.75) is 25.0 Å². The van der Waals surface area contributed by atoms with Crippen LogP contribution in [-0.4, -0.2) is 36.9 Å². The lowest BCUT2D eigenvalue weighted by molar-refractivity contribution is -0.000469. The number of hydrogen-bond donors (Lipinski definition) is 0. The van der Waals surface area contributed by atoms with E-state index in [0.717, 1.165) is 27.7 Å². The Morgan fingerprint density at radius 1 is 0.818 bits per heavy atom. The van der Waals surface area contributed by atoms with Crippen molar-refractivity contribution < 1.29 is 9.47 Å². The van der Waals surface area contributed by atoms with E-state index < -0.39 is 0 Å². The van der Waals surface area contributed by atoms with Crippen LogP contribution in [0.2, 0.25) is 0 Å². The van der Waals surface area contributed by atoms with Crippen molar-refractivity contribution >= 4 is 44.4 Å². The molecule has 1 saturated carbocycles. The van der Waals surface area contributed by atoms with Crippen LogP contribution in [0, 0.1) is 3.70 Å². The lowest BCUT2D eigenvalue weighted by Gasteiger charge is -2.34. The molecular formula is C25H20IN5O2. The maximum absolute atomic E-state index is 6.02. The highest BCUT2D eigenvalue weighted by Crippen LogP contribution is 2.32. The minimum absolute atomic E-state index is 0.103. The van der Waals surface area contributed by atoms with Gasteiger partial charge < -0.3 is 14.0 Å². The number of pyridine rings is 2. The highest BCUT2D eigenvalue weighted by atomic mass is 127. The molecule has 0 atom stereocenters. The molecular weight excluding hydrogens is 529 g/mol. The molecule has 0 radical (unpaired) electrons. The standard InChI is InChI=1S/C25H20IN5O2/c1-31-21-8-9-27-14-20(21)19-4-2-15(10-22(19)31)16-3-6-24(28-13-16)32-17-11-18(12-17)33-25-7-5-23(26)29-30-25/h2-10,13-14,17-18H,11-12H2,1H3/t17-,18-. The average Bonchev–Trinajstić information content (AvgIpc) is 3.11. The van der Waals surface area contributed by atoms with Gasteiger partial charge in [-0.25, -0.2) is 4.98 Å². The van der Waals surface area contributed by atoms with Crippen LogP contribution in [0.15, 0.2) is 67.1 Å². The summed E-state index contributed by atoms with van der Waals surface area (Å²) in [5, 5.41) is 10.4. The first-order valence-corrected chi connectivity index (χ1v) is 11.8. The highest BCUT2D eigenvalue weighted by molar-refractivity contribution is 14.1. The van der Waals surface area contributed by atoms with Gasteiger partial charge in [0.1, 0.15) is 15.9 Å². The van der Waals surface area contributed by atoms with Crippen molar-refractivity contribution in [3.8, 4) is 22.9 Å². The second-order valence-corrected chi connectivity index (χ2v) is 9.32. The van der Waals surface area contributed by atoms with Crippen LogP contribution < -0.4 is 9.47 Å². The van der Waals surface area contributed by atoms with Crippen molar-refractivity contribution in [2.75, 3.05) is 0 Å². The third-order valence-corrected chi connectivity index (χ3v) is 6.69. The van der Waals surface area contributed by atoms with E-state index in [1.165, 1.54) is 21.8 Å². The molecule has 5 aromatic rings. The van der Waals surface area contributed by atoms with Crippen molar-refractivity contribution in [2.24, 2.45) is 7.05 Å². The molecule has 6 rings (SSSR count). The second kappa shape index (κ2) is 8.26. The molecule has 8 heteroatoms. The molecule has 0 saturated heterocycles. The third-order valence-electron chi connectivity index (χ3n) is 6.11. The van der Waals surface area contributed by atoms with E-state index in [4.69, 9.17) is 9.47 Å². The molecule has 0 amide bonds. The normalized spacial score (nSPS) is 17.8. The Morgan fingerprint density at radius 2 is 1.61 bits per heavy atom. The molecule has 1 aliphatic carbocycles. The Hall–Kier alpha value is -3.27. The van der Waals surface area contributed by atoms with Gasteiger partial charge in [0.25, 0.3) is 0 Å². The Morgan fingerprint density at radius 3 is 2.36 bits per heavy atom. The first-order valence-electron chi connectivity index (χ1n) is 10.8. The van der Waals surface area contributed by atoms with E-state index in [-0.39, 0.29) is 12.2 Å². The van der Waals surface area contributed by atoms with Crippen LogP contribution in [0.3, 0.4) is 0 Å². The molecule has 0 aliphatic heterocycles. The van der Waals surface area contributed by atoms with Gasteiger partial charge in [-0.3, -0.25) is 4.98 Å². The fourth-order valence-corrected chi connectivity index (χ4v) is 4.56. The molecule has 0 N–H and O–H groups in total. The topological polar surface area (TPSA) is 75.0 Å². The van der Waals surface area contributed by atoms with E-state index >= 15 is 0 Å². The minimum atomic E-state index is 0.103. The van der Waals surface area contributed by atoms with E-state index in [1.54, 1.807) is 0 Å². The van der Waals surface area contributed by atoms with Gasteiger partial charge in [-0.2, -0.15) is 0 Å². The van der Waals surface area contributed by atoms with Crippen LogP contribution in [0.25, 0.3) is 32.9 Å². The molecule has 1 aliphatic rings. The number of nitrogens with zero attached hydrogens (tertiary/aromatic N) is 5. The SMILES string of the molecule is Cn1c2ccncc2c2ccc(-c3ccc(O[C@H]4C[C@H](Oc5ccc(I)nn5)C4)nc3)cc21. The summed E-state index contributed by atoms with van der Waals surface area (Å²) in [4.78, 5) is 8.82. The quantitative estimate of drug-likeness (QED) is 0.282. The summed E-state index contributed by atoms with van der Waals surface area (Å²) in [7, 11) is 2.09. The first kappa shape index (κ1) is 20.3. The summed E-state index contributed by atoms with van der Waals surface area (Å²) in [6.45, 7) is 0. The molecule has 0 spiro atoms. The predicted octanol–water partition coefficient (Wildman–Crippen LogP) is 5.17. The number of fused-ring (bicyclic) bond motifs is 3. The minimum Gasteiger partial charge on any atom is -0.474 e. The predicted molar refractivity (Wildman–Crippen MR) is 134 cm³/mol. The van der Waals surface area contributed by atoms with E-state index in [2.05, 4.69) is 78.6 Å². The summed E-state index contributed by atoms with van der Waals surface area (Å²) in [6, 6.07) is 16.3. The summed E-state index contributed by atoms with van der Waals surface area (Å²) >= 11 is 2.12. The first-order chi connectivity index (χ1) is 16.1. The molecule has 164 valence electrons. The van der Waals surface area contributed by atoms with Crippen molar-refractivity contribution in [3.05, 3.63) is 70.8 Å². The smallest absolute Gasteiger partial charge is 0.233 e. The Labute approximate surface area is 203 Å². The van der Waals surface area contributed by atoms with Crippen molar-refractivity contribution in [3.63, 3.8) is 0 Å². The summed E-state index contributed by atoms with van der Waals surface area (Å²) < 4.78 is 14.9. The molecule has 7 nitrogen and oxygen atoms in total. The number of hydrogen-bond acceptors (Lipinski definition) is 6. The van der Waals surface area contributed by atoms with Gasteiger partial charge in [0.2, 0.25) is 11.8 Å². The summed E-state index contributed by atoms with van der Waals surface area (Å²) in [5.74, 6) is 1.19.